The zero-order valence-corrected chi connectivity index (χ0v) is 22.3. The molecule has 5 aliphatic rings. The van der Waals surface area contributed by atoms with Crippen molar-refractivity contribution in [1.82, 2.24) is 20.5 Å². The van der Waals surface area contributed by atoms with E-state index in [9.17, 15) is 14.4 Å². The topological polar surface area (TPSA) is 119 Å². The summed E-state index contributed by atoms with van der Waals surface area (Å²) in [6, 6.07) is 16.1. The summed E-state index contributed by atoms with van der Waals surface area (Å²) in [5.74, 6) is 1.10. The number of aromatic nitrogens is 1. The van der Waals surface area contributed by atoms with Gasteiger partial charge in [-0.2, -0.15) is 0 Å². The Balaban J connectivity index is 1.35. The van der Waals surface area contributed by atoms with Crippen molar-refractivity contribution in [3.63, 3.8) is 0 Å². The second-order valence-electron chi connectivity index (χ2n) is 9.86. The number of benzene rings is 2. The van der Waals surface area contributed by atoms with Gasteiger partial charge in [0.1, 0.15) is 11.9 Å². The average molecular weight is 545 g/mol. The molecular weight excluding hydrogens is 512 g/mol. The van der Waals surface area contributed by atoms with Crippen LogP contribution < -0.4 is 24.8 Å². The van der Waals surface area contributed by atoms with Crippen LogP contribution in [0.25, 0.3) is 0 Å². The molecule has 6 heterocycles. The van der Waals surface area contributed by atoms with Crippen molar-refractivity contribution >= 4 is 17.7 Å². The monoisotopic (exact) mass is 544 g/mol. The van der Waals surface area contributed by atoms with Crippen LogP contribution >= 0.6 is 0 Å². The fourth-order valence-corrected chi connectivity index (χ4v) is 4.80. The lowest BCUT2D eigenvalue weighted by Gasteiger charge is -2.21. The summed E-state index contributed by atoms with van der Waals surface area (Å²) in [5, 5.41) is 5.94. The number of hydrogen-bond donors (Lipinski definition) is 2. The van der Waals surface area contributed by atoms with E-state index in [0.717, 1.165) is 16.7 Å². The predicted molar refractivity (Wildman–Crippen MR) is 146 cm³/mol. The molecule has 0 saturated carbocycles. The maximum Gasteiger partial charge on any atom is 0.258 e. The molecule has 0 aliphatic carbocycles. The molecule has 40 heavy (non-hydrogen) atoms. The molecule has 1 fully saturated rings. The smallest absolute Gasteiger partial charge is 0.258 e. The van der Waals surface area contributed by atoms with Gasteiger partial charge in [-0.05, 0) is 53.4 Å². The van der Waals surface area contributed by atoms with E-state index < -0.39 is 6.10 Å². The Morgan fingerprint density at radius 2 is 1.88 bits per heavy atom. The van der Waals surface area contributed by atoms with Crippen LogP contribution in [0.2, 0.25) is 0 Å². The van der Waals surface area contributed by atoms with Gasteiger partial charge in [0.25, 0.3) is 5.91 Å². The second kappa shape index (κ2) is 12.5. The van der Waals surface area contributed by atoms with Gasteiger partial charge in [0.05, 0.1) is 26.1 Å². The summed E-state index contributed by atoms with van der Waals surface area (Å²) in [7, 11) is 1.53. The van der Waals surface area contributed by atoms with Gasteiger partial charge in [0, 0.05) is 31.9 Å². The Morgan fingerprint density at radius 3 is 2.65 bits per heavy atom. The molecular formula is C30H32N4O6. The number of nitrogens with zero attached hydrogens (tertiary/aromatic N) is 2. The van der Waals surface area contributed by atoms with E-state index >= 15 is 0 Å². The molecule has 3 amide bonds. The third kappa shape index (κ3) is 6.88. The lowest BCUT2D eigenvalue weighted by atomic mass is 10.1. The molecule has 2 aromatic carbocycles. The Hall–Kier alpha value is -4.60. The molecule has 4 bridgehead atoms. The molecule has 2 N–H and O–H groups in total. The van der Waals surface area contributed by atoms with E-state index in [2.05, 4.69) is 15.6 Å². The summed E-state index contributed by atoms with van der Waals surface area (Å²) in [4.78, 5) is 44.3. The fourth-order valence-electron chi connectivity index (χ4n) is 4.80. The highest BCUT2D eigenvalue weighted by Crippen LogP contribution is 2.29. The van der Waals surface area contributed by atoms with E-state index in [4.69, 9.17) is 14.2 Å². The summed E-state index contributed by atoms with van der Waals surface area (Å²) in [6.07, 6.45) is 3.88. The summed E-state index contributed by atoms with van der Waals surface area (Å²) in [5.41, 5.74) is 2.61. The molecule has 0 unspecified atom stereocenters. The Morgan fingerprint density at radius 1 is 1.05 bits per heavy atom. The minimum absolute atomic E-state index is 0.0515. The quantitative estimate of drug-likeness (QED) is 0.518. The van der Waals surface area contributed by atoms with Gasteiger partial charge in [0.15, 0.2) is 18.1 Å². The summed E-state index contributed by atoms with van der Waals surface area (Å²) in [6.45, 7) is 0.871. The van der Waals surface area contributed by atoms with Crippen LogP contribution in [0.4, 0.5) is 0 Å². The number of pyridine rings is 1. The average Bonchev–Trinajstić information content (AvgIpc) is 3.36. The van der Waals surface area contributed by atoms with Crippen molar-refractivity contribution in [2.75, 3.05) is 26.8 Å². The van der Waals surface area contributed by atoms with E-state index in [0.29, 0.717) is 43.3 Å². The molecule has 8 rings (SSSR count). The first-order chi connectivity index (χ1) is 19.5. The maximum atomic E-state index is 13.1. The molecule has 10 heteroatoms. The number of carbonyl (C=O) groups is 3. The van der Waals surface area contributed by atoms with E-state index in [1.165, 1.54) is 7.11 Å². The molecule has 1 saturated heterocycles. The van der Waals surface area contributed by atoms with E-state index in [1.54, 1.807) is 35.5 Å². The number of hydrogen-bond acceptors (Lipinski definition) is 7. The SMILES string of the molecule is COc1cc2ccc1OCC(=O)NCc1ccc(cc1)O[C@H]1CN(C(=O)Cc3cccnc3)C[C@@H]1NC(=O)CC2. The molecule has 3 aromatic rings. The minimum atomic E-state index is -0.422. The van der Waals surface area contributed by atoms with Gasteiger partial charge in [-0.3, -0.25) is 19.4 Å². The highest BCUT2D eigenvalue weighted by Gasteiger charge is 2.37. The van der Waals surface area contributed by atoms with Crippen LogP contribution in [-0.4, -0.2) is 66.6 Å². The summed E-state index contributed by atoms with van der Waals surface area (Å²) >= 11 is 0. The van der Waals surface area contributed by atoms with Crippen LogP contribution in [0, 0.1) is 0 Å². The predicted octanol–water partition coefficient (Wildman–Crippen LogP) is 2.05. The van der Waals surface area contributed by atoms with Gasteiger partial charge < -0.3 is 29.7 Å². The number of aryl methyl sites for hydroxylation is 1. The van der Waals surface area contributed by atoms with Crippen molar-refractivity contribution in [2.45, 2.75) is 38.0 Å². The lowest BCUT2D eigenvalue weighted by molar-refractivity contribution is -0.130. The number of amides is 3. The van der Waals surface area contributed by atoms with E-state index in [1.807, 2.05) is 36.4 Å². The van der Waals surface area contributed by atoms with Crippen molar-refractivity contribution in [2.24, 2.45) is 0 Å². The molecule has 0 radical (unpaired) electrons. The summed E-state index contributed by atoms with van der Waals surface area (Å²) < 4.78 is 17.4. The Labute approximate surface area is 232 Å². The largest absolute Gasteiger partial charge is 0.493 e. The second-order valence-corrected chi connectivity index (χ2v) is 9.86. The lowest BCUT2D eigenvalue weighted by Crippen LogP contribution is -2.45. The number of carbonyl (C=O) groups excluding carboxylic acids is 3. The molecule has 208 valence electrons. The van der Waals surface area contributed by atoms with Crippen LogP contribution in [-0.2, 0) is 33.8 Å². The van der Waals surface area contributed by atoms with Crippen LogP contribution in [0.5, 0.6) is 17.2 Å². The molecule has 0 spiro atoms. The van der Waals surface area contributed by atoms with Gasteiger partial charge in [-0.25, -0.2) is 0 Å². The number of methoxy groups -OCH3 is 1. The number of nitrogens with one attached hydrogen (secondary N) is 2. The fraction of sp³-hybridized carbons (Fsp3) is 0.333. The van der Waals surface area contributed by atoms with Crippen molar-refractivity contribution in [3.8, 4) is 17.2 Å². The maximum absolute atomic E-state index is 13.1. The number of likely N-dealkylation sites (tertiary alicyclic amines) is 1. The highest BCUT2D eigenvalue weighted by molar-refractivity contribution is 5.80. The zero-order chi connectivity index (χ0) is 27.9. The van der Waals surface area contributed by atoms with Gasteiger partial charge in [-0.15, -0.1) is 0 Å². The van der Waals surface area contributed by atoms with Gasteiger partial charge in [-0.1, -0.05) is 24.3 Å². The third-order valence-corrected chi connectivity index (χ3v) is 6.97. The van der Waals surface area contributed by atoms with Crippen molar-refractivity contribution in [3.05, 3.63) is 83.7 Å². The van der Waals surface area contributed by atoms with Crippen LogP contribution in [0.1, 0.15) is 23.1 Å². The highest BCUT2D eigenvalue weighted by atomic mass is 16.5. The molecule has 2 atom stereocenters. The first-order valence-corrected chi connectivity index (χ1v) is 13.2. The van der Waals surface area contributed by atoms with Crippen LogP contribution in [0.15, 0.2) is 67.0 Å². The molecule has 5 aliphatic heterocycles. The Bertz CT molecular complexity index is 1350. The van der Waals surface area contributed by atoms with E-state index in [-0.39, 0.29) is 43.2 Å². The molecule has 1 aromatic heterocycles. The molecule has 10 nitrogen and oxygen atoms in total. The third-order valence-electron chi connectivity index (χ3n) is 6.97. The van der Waals surface area contributed by atoms with Crippen LogP contribution in [0.3, 0.4) is 0 Å². The number of rotatable bonds is 3. The number of ether oxygens (including phenoxy) is 3. The van der Waals surface area contributed by atoms with Crippen molar-refractivity contribution in [1.29, 1.82) is 0 Å². The first kappa shape index (κ1) is 27.0. The van der Waals surface area contributed by atoms with Crippen molar-refractivity contribution < 1.29 is 28.6 Å². The normalized spacial score (nSPS) is 19.6. The Kier molecular flexibility index (Phi) is 8.44. The zero-order valence-electron chi connectivity index (χ0n) is 22.3. The first-order valence-electron chi connectivity index (χ1n) is 13.2. The standard InChI is InChI=1S/C30H32N4O6/c1-38-26-13-20-6-10-25(26)39-19-29(36)32-16-21-4-8-23(9-5-21)40-27-18-34(17-24(27)33-28(35)11-7-20)30(37)14-22-3-2-12-31-15-22/h2-6,8-10,12-13,15,24,27H,7,11,14,16-19H2,1H3,(H,32,36)(H,33,35)/t24-,27-/m0/s1. The van der Waals surface area contributed by atoms with Gasteiger partial charge >= 0.3 is 0 Å². The van der Waals surface area contributed by atoms with Gasteiger partial charge in [0.2, 0.25) is 11.8 Å². The minimum Gasteiger partial charge on any atom is -0.493 e.